The number of carbonyl (C=O) groups excluding carboxylic acids is 1. The molecule has 2 aromatic rings. The Morgan fingerprint density at radius 3 is 2.70 bits per heavy atom. The monoisotopic (exact) mass is 332 g/mol. The van der Waals surface area contributed by atoms with Crippen LogP contribution in [0, 0.1) is 0 Å². The van der Waals surface area contributed by atoms with Crippen molar-refractivity contribution in [1.82, 2.24) is 15.5 Å². The predicted octanol–water partition coefficient (Wildman–Crippen LogP) is 2.42. The van der Waals surface area contributed by atoms with E-state index in [9.17, 15) is 4.79 Å². The second-order valence-corrected chi connectivity index (χ2v) is 6.73. The van der Waals surface area contributed by atoms with Crippen LogP contribution in [0.1, 0.15) is 30.2 Å². The van der Waals surface area contributed by atoms with Gasteiger partial charge >= 0.3 is 0 Å². The number of hydrogen-bond donors (Lipinski definition) is 1. The van der Waals surface area contributed by atoms with Crippen molar-refractivity contribution in [3.63, 3.8) is 0 Å². The normalized spacial score (nSPS) is 13.8. The second kappa shape index (κ2) is 7.04. The zero-order chi connectivity index (χ0) is 16.2. The Morgan fingerprint density at radius 2 is 2.04 bits per heavy atom. The molecular weight excluding hydrogens is 312 g/mol. The lowest BCUT2D eigenvalue weighted by Crippen LogP contribution is -2.24. The highest BCUT2D eigenvalue weighted by Crippen LogP contribution is 2.39. The third-order valence-corrected chi connectivity index (χ3v) is 4.44. The van der Waals surface area contributed by atoms with Gasteiger partial charge in [-0.1, -0.05) is 23.9 Å². The maximum atomic E-state index is 11.9. The van der Waals surface area contributed by atoms with E-state index in [2.05, 4.69) is 15.5 Å². The number of hydrogen-bond acceptors (Lipinski definition) is 6. The number of rotatable bonds is 7. The molecule has 1 fully saturated rings. The molecule has 7 heteroatoms. The highest BCUT2D eigenvalue weighted by Gasteiger charge is 2.29. The third kappa shape index (κ3) is 4.48. The number of nitrogens with one attached hydrogen (secondary N) is 1. The van der Waals surface area contributed by atoms with Crippen LogP contribution in [0.3, 0.4) is 0 Å². The summed E-state index contributed by atoms with van der Waals surface area (Å²) in [6, 6.07) is 8.10. The molecule has 0 aliphatic heterocycles. The fourth-order valence-corrected chi connectivity index (χ4v) is 2.66. The summed E-state index contributed by atoms with van der Waals surface area (Å²) in [5.41, 5.74) is 2.21. The summed E-state index contributed by atoms with van der Waals surface area (Å²) < 4.78 is 5.51. The van der Waals surface area contributed by atoms with Gasteiger partial charge in [-0.15, -0.1) is 10.2 Å². The van der Waals surface area contributed by atoms with E-state index in [-0.39, 0.29) is 11.7 Å². The molecule has 1 amide bonds. The van der Waals surface area contributed by atoms with Crippen LogP contribution < -0.4 is 10.2 Å². The third-order valence-electron chi connectivity index (χ3n) is 3.62. The van der Waals surface area contributed by atoms with Gasteiger partial charge < -0.3 is 14.6 Å². The summed E-state index contributed by atoms with van der Waals surface area (Å²) >= 11 is 1.28. The zero-order valence-corrected chi connectivity index (χ0v) is 14.1. The standard InChI is InChI=1S/C16H20N4O2S/c1-20(2)13-7-3-11(4-8-13)9-17-14(21)10-23-16-19-18-15(22-16)12-5-6-12/h3-4,7-8,12H,5-6,9-10H2,1-2H3,(H,17,21). The summed E-state index contributed by atoms with van der Waals surface area (Å²) in [6.07, 6.45) is 2.25. The lowest BCUT2D eigenvalue weighted by Gasteiger charge is -2.12. The molecule has 6 nitrogen and oxygen atoms in total. The van der Waals surface area contributed by atoms with Crippen LogP contribution in [-0.2, 0) is 11.3 Å². The molecule has 0 unspecified atom stereocenters. The van der Waals surface area contributed by atoms with Crippen LogP contribution in [0.25, 0.3) is 0 Å². The number of benzene rings is 1. The van der Waals surface area contributed by atoms with E-state index in [0.29, 0.717) is 23.6 Å². The van der Waals surface area contributed by atoms with Crippen molar-refractivity contribution in [2.75, 3.05) is 24.7 Å². The first kappa shape index (κ1) is 15.9. The van der Waals surface area contributed by atoms with Crippen molar-refractivity contribution in [2.24, 2.45) is 0 Å². The van der Waals surface area contributed by atoms with E-state index in [0.717, 1.165) is 24.1 Å². The van der Waals surface area contributed by atoms with Crippen LogP contribution in [0.5, 0.6) is 0 Å². The molecule has 0 saturated heterocycles. The van der Waals surface area contributed by atoms with E-state index in [1.807, 2.05) is 43.3 Å². The number of amides is 1. The van der Waals surface area contributed by atoms with Gasteiger partial charge in [-0.3, -0.25) is 4.79 Å². The van der Waals surface area contributed by atoms with Crippen molar-refractivity contribution >= 4 is 23.4 Å². The highest BCUT2D eigenvalue weighted by atomic mass is 32.2. The molecule has 1 aliphatic carbocycles. The Bertz CT molecular complexity index is 665. The molecule has 3 rings (SSSR count). The van der Waals surface area contributed by atoms with Crippen molar-refractivity contribution < 1.29 is 9.21 Å². The van der Waals surface area contributed by atoms with Crippen molar-refractivity contribution in [2.45, 2.75) is 30.5 Å². The summed E-state index contributed by atoms with van der Waals surface area (Å²) in [5.74, 6) is 1.38. The van der Waals surface area contributed by atoms with Gasteiger partial charge in [0.15, 0.2) is 0 Å². The largest absolute Gasteiger partial charge is 0.416 e. The second-order valence-electron chi connectivity index (χ2n) is 5.81. The molecule has 1 aromatic carbocycles. The summed E-state index contributed by atoms with van der Waals surface area (Å²) in [4.78, 5) is 13.9. The van der Waals surface area contributed by atoms with Gasteiger partial charge in [0.05, 0.1) is 5.75 Å². The molecular formula is C16H20N4O2S. The van der Waals surface area contributed by atoms with Gasteiger partial charge in [0.2, 0.25) is 11.8 Å². The van der Waals surface area contributed by atoms with Crippen LogP contribution in [-0.4, -0.2) is 36.0 Å². The summed E-state index contributed by atoms with van der Waals surface area (Å²) in [5, 5.41) is 11.3. The van der Waals surface area contributed by atoms with E-state index < -0.39 is 0 Å². The quantitative estimate of drug-likeness (QED) is 0.785. The van der Waals surface area contributed by atoms with E-state index >= 15 is 0 Å². The molecule has 0 bridgehead atoms. The van der Waals surface area contributed by atoms with Gasteiger partial charge in [-0.2, -0.15) is 0 Å². The maximum absolute atomic E-state index is 11.9. The average molecular weight is 332 g/mol. The molecule has 1 heterocycles. The first-order chi connectivity index (χ1) is 11.1. The van der Waals surface area contributed by atoms with Crippen molar-refractivity contribution in [1.29, 1.82) is 0 Å². The SMILES string of the molecule is CN(C)c1ccc(CNC(=O)CSc2nnc(C3CC3)o2)cc1. The lowest BCUT2D eigenvalue weighted by atomic mass is 10.2. The van der Waals surface area contributed by atoms with Crippen LogP contribution >= 0.6 is 11.8 Å². The number of aromatic nitrogens is 2. The molecule has 23 heavy (non-hydrogen) atoms. The Kier molecular flexibility index (Phi) is 4.85. The molecule has 1 aliphatic rings. The Hall–Kier alpha value is -2.02. The van der Waals surface area contributed by atoms with Crippen LogP contribution in [0.2, 0.25) is 0 Å². The minimum Gasteiger partial charge on any atom is -0.416 e. The lowest BCUT2D eigenvalue weighted by molar-refractivity contribution is -0.118. The van der Waals surface area contributed by atoms with Crippen molar-refractivity contribution in [3.8, 4) is 0 Å². The Morgan fingerprint density at radius 1 is 1.30 bits per heavy atom. The molecule has 1 N–H and O–H groups in total. The minimum atomic E-state index is -0.0436. The van der Waals surface area contributed by atoms with E-state index in [4.69, 9.17) is 4.42 Å². The average Bonchev–Trinajstić information content (AvgIpc) is 3.30. The molecule has 122 valence electrons. The number of anilines is 1. The van der Waals surface area contributed by atoms with Gasteiger partial charge in [-0.25, -0.2) is 0 Å². The predicted molar refractivity (Wildman–Crippen MR) is 89.6 cm³/mol. The first-order valence-electron chi connectivity index (χ1n) is 7.61. The maximum Gasteiger partial charge on any atom is 0.277 e. The molecule has 0 atom stereocenters. The van der Waals surface area contributed by atoms with Crippen LogP contribution in [0.4, 0.5) is 5.69 Å². The fraction of sp³-hybridized carbons (Fsp3) is 0.438. The van der Waals surface area contributed by atoms with Gasteiger partial charge in [-0.05, 0) is 30.5 Å². The van der Waals surface area contributed by atoms with Gasteiger partial charge in [0.1, 0.15) is 0 Å². The fourth-order valence-electron chi connectivity index (χ4n) is 2.06. The molecule has 0 spiro atoms. The van der Waals surface area contributed by atoms with E-state index in [1.165, 1.54) is 11.8 Å². The van der Waals surface area contributed by atoms with Crippen LogP contribution in [0.15, 0.2) is 33.9 Å². The van der Waals surface area contributed by atoms with Gasteiger partial charge in [0.25, 0.3) is 5.22 Å². The zero-order valence-electron chi connectivity index (χ0n) is 13.3. The topological polar surface area (TPSA) is 71.3 Å². The smallest absolute Gasteiger partial charge is 0.277 e. The van der Waals surface area contributed by atoms with Crippen molar-refractivity contribution in [3.05, 3.63) is 35.7 Å². The molecule has 0 radical (unpaired) electrons. The Balaban J connectivity index is 1.41. The summed E-state index contributed by atoms with van der Waals surface area (Å²) in [7, 11) is 4.00. The first-order valence-corrected chi connectivity index (χ1v) is 8.59. The Labute approximate surface area is 139 Å². The number of thioether (sulfide) groups is 1. The molecule has 1 saturated carbocycles. The highest BCUT2D eigenvalue weighted by molar-refractivity contribution is 7.99. The number of nitrogens with zero attached hydrogens (tertiary/aromatic N) is 3. The van der Waals surface area contributed by atoms with E-state index in [1.54, 1.807) is 0 Å². The van der Waals surface area contributed by atoms with Gasteiger partial charge in [0, 0.05) is 32.2 Å². The summed E-state index contributed by atoms with van der Waals surface area (Å²) in [6.45, 7) is 0.518. The number of carbonyl (C=O) groups is 1. The minimum absolute atomic E-state index is 0.0436. The molecule has 1 aromatic heterocycles.